The number of hydrogen-bond acceptors (Lipinski definition) is 2. The molecule has 0 saturated heterocycles. The highest BCUT2D eigenvalue weighted by Crippen LogP contribution is 2.39. The van der Waals surface area contributed by atoms with Gasteiger partial charge in [0.05, 0.1) is 6.54 Å². The maximum Gasteiger partial charge on any atom is 0.0534 e. The Morgan fingerprint density at radius 3 is 3.31 bits per heavy atom. The second-order valence-corrected chi connectivity index (χ2v) is 4.03. The Morgan fingerprint density at radius 2 is 2.62 bits per heavy atom. The molecule has 0 radical (unpaired) electrons. The van der Waals surface area contributed by atoms with Gasteiger partial charge in [0.25, 0.3) is 0 Å². The standard InChI is InChI=1S/C11H16N2/c1-8(2)7-12-13-11-6-9-4-3-5-10(9)11/h3-4,9-10,12H,1,5-7H2,2H3/b13-11-. The molecule has 2 rings (SSSR count). The lowest BCUT2D eigenvalue weighted by molar-refractivity contribution is 0.460. The molecule has 70 valence electrons. The Balaban J connectivity index is 1.80. The Kier molecular flexibility index (Phi) is 2.21. The van der Waals surface area contributed by atoms with Crippen LogP contribution < -0.4 is 5.43 Å². The summed E-state index contributed by atoms with van der Waals surface area (Å²) in [5.74, 6) is 1.52. The van der Waals surface area contributed by atoms with Gasteiger partial charge in [0.2, 0.25) is 0 Å². The fourth-order valence-electron chi connectivity index (χ4n) is 1.94. The smallest absolute Gasteiger partial charge is 0.0534 e. The van der Waals surface area contributed by atoms with Gasteiger partial charge in [-0.15, -0.1) is 0 Å². The van der Waals surface area contributed by atoms with Crippen LogP contribution in [-0.2, 0) is 0 Å². The van der Waals surface area contributed by atoms with Gasteiger partial charge in [0, 0.05) is 11.6 Å². The van der Waals surface area contributed by atoms with Crippen molar-refractivity contribution in [1.82, 2.24) is 5.43 Å². The predicted molar refractivity (Wildman–Crippen MR) is 55.6 cm³/mol. The molecule has 2 atom stereocenters. The molecule has 0 aromatic carbocycles. The van der Waals surface area contributed by atoms with Crippen LogP contribution in [0, 0.1) is 11.8 Å². The van der Waals surface area contributed by atoms with Crippen molar-refractivity contribution in [1.29, 1.82) is 0 Å². The Hall–Kier alpha value is -1.05. The summed E-state index contributed by atoms with van der Waals surface area (Å²) in [6.45, 7) is 6.63. The summed E-state index contributed by atoms with van der Waals surface area (Å²) in [6, 6.07) is 0. The van der Waals surface area contributed by atoms with Gasteiger partial charge in [-0.2, -0.15) is 5.10 Å². The summed E-state index contributed by atoms with van der Waals surface area (Å²) >= 11 is 0. The van der Waals surface area contributed by atoms with Crippen molar-refractivity contribution in [2.24, 2.45) is 16.9 Å². The number of hydrogen-bond donors (Lipinski definition) is 1. The van der Waals surface area contributed by atoms with E-state index in [1.54, 1.807) is 0 Å². The van der Waals surface area contributed by atoms with E-state index in [4.69, 9.17) is 0 Å². The monoisotopic (exact) mass is 176 g/mol. The van der Waals surface area contributed by atoms with E-state index in [2.05, 4.69) is 29.3 Å². The predicted octanol–water partition coefficient (Wildman–Crippen LogP) is 2.10. The van der Waals surface area contributed by atoms with Crippen molar-refractivity contribution in [3.8, 4) is 0 Å². The van der Waals surface area contributed by atoms with Gasteiger partial charge in [-0.3, -0.25) is 0 Å². The lowest BCUT2D eigenvalue weighted by Crippen LogP contribution is -2.34. The third-order valence-electron chi connectivity index (χ3n) is 2.77. The highest BCUT2D eigenvalue weighted by atomic mass is 15.3. The molecule has 0 bridgehead atoms. The first kappa shape index (κ1) is 8.54. The maximum atomic E-state index is 4.38. The second kappa shape index (κ2) is 3.36. The normalized spacial score (nSPS) is 32.8. The third-order valence-corrected chi connectivity index (χ3v) is 2.77. The molecule has 2 heteroatoms. The van der Waals surface area contributed by atoms with E-state index in [0.29, 0.717) is 0 Å². The maximum absolute atomic E-state index is 4.38. The zero-order chi connectivity index (χ0) is 9.26. The van der Waals surface area contributed by atoms with E-state index in [1.165, 1.54) is 12.1 Å². The van der Waals surface area contributed by atoms with Crippen molar-refractivity contribution in [3.05, 3.63) is 24.3 Å². The fraction of sp³-hybridized carbons (Fsp3) is 0.545. The van der Waals surface area contributed by atoms with Crippen LogP contribution in [0.4, 0.5) is 0 Å². The van der Waals surface area contributed by atoms with Crippen LogP contribution in [0.2, 0.25) is 0 Å². The molecule has 2 unspecified atom stereocenters. The molecule has 13 heavy (non-hydrogen) atoms. The van der Waals surface area contributed by atoms with Crippen molar-refractivity contribution in [2.45, 2.75) is 19.8 Å². The number of fused-ring (bicyclic) bond motifs is 1. The fourth-order valence-corrected chi connectivity index (χ4v) is 1.94. The number of allylic oxidation sites excluding steroid dienone is 2. The van der Waals surface area contributed by atoms with Crippen LogP contribution in [-0.4, -0.2) is 12.3 Å². The number of nitrogens with one attached hydrogen (secondary N) is 1. The van der Waals surface area contributed by atoms with Crippen molar-refractivity contribution in [3.63, 3.8) is 0 Å². The van der Waals surface area contributed by atoms with E-state index in [9.17, 15) is 0 Å². The third kappa shape index (κ3) is 1.67. The van der Waals surface area contributed by atoms with Gasteiger partial charge >= 0.3 is 0 Å². The first-order valence-corrected chi connectivity index (χ1v) is 4.87. The molecule has 0 heterocycles. The molecule has 2 aliphatic carbocycles. The molecular formula is C11H16N2. The van der Waals surface area contributed by atoms with Gasteiger partial charge in [-0.25, -0.2) is 0 Å². The molecule has 0 amide bonds. The summed E-state index contributed by atoms with van der Waals surface area (Å²) in [4.78, 5) is 0. The highest BCUT2D eigenvalue weighted by Gasteiger charge is 2.37. The van der Waals surface area contributed by atoms with Gasteiger partial charge in [-0.1, -0.05) is 24.3 Å². The molecule has 2 nitrogen and oxygen atoms in total. The van der Waals surface area contributed by atoms with Crippen molar-refractivity contribution in [2.75, 3.05) is 6.54 Å². The first-order chi connectivity index (χ1) is 6.27. The zero-order valence-corrected chi connectivity index (χ0v) is 8.09. The topological polar surface area (TPSA) is 24.4 Å². The molecule has 0 aliphatic heterocycles. The molecule has 0 aromatic rings. The highest BCUT2D eigenvalue weighted by molar-refractivity contribution is 5.93. The summed E-state index contributed by atoms with van der Waals surface area (Å²) in [7, 11) is 0. The Morgan fingerprint density at radius 1 is 1.77 bits per heavy atom. The molecule has 1 N–H and O–H groups in total. The molecule has 1 fully saturated rings. The van der Waals surface area contributed by atoms with Crippen LogP contribution in [0.25, 0.3) is 0 Å². The van der Waals surface area contributed by atoms with Crippen LogP contribution in [0.1, 0.15) is 19.8 Å². The Bertz CT molecular complexity index is 276. The second-order valence-electron chi connectivity index (χ2n) is 4.03. The molecule has 0 aromatic heterocycles. The summed E-state index contributed by atoms with van der Waals surface area (Å²) < 4.78 is 0. The van der Waals surface area contributed by atoms with Crippen molar-refractivity contribution >= 4 is 5.71 Å². The quantitative estimate of drug-likeness (QED) is 0.517. The minimum atomic E-state index is 0.720. The van der Waals surface area contributed by atoms with Crippen LogP contribution in [0.5, 0.6) is 0 Å². The average Bonchev–Trinajstić information content (AvgIpc) is 2.40. The van der Waals surface area contributed by atoms with E-state index < -0.39 is 0 Å². The molecule has 1 saturated carbocycles. The van der Waals surface area contributed by atoms with E-state index in [1.807, 2.05) is 6.92 Å². The number of hydrazone groups is 1. The average molecular weight is 176 g/mol. The van der Waals surface area contributed by atoms with Crippen LogP contribution in [0.3, 0.4) is 0 Å². The minimum absolute atomic E-state index is 0.720. The Labute approximate surface area is 79.4 Å². The minimum Gasteiger partial charge on any atom is -0.306 e. The van der Waals surface area contributed by atoms with Gasteiger partial charge in [-0.05, 0) is 25.7 Å². The molecule has 0 spiro atoms. The lowest BCUT2D eigenvalue weighted by Gasteiger charge is -2.31. The van der Waals surface area contributed by atoms with E-state index in [0.717, 1.165) is 30.4 Å². The molecule has 2 aliphatic rings. The number of nitrogens with zero attached hydrogens (tertiary/aromatic N) is 1. The number of rotatable bonds is 3. The largest absolute Gasteiger partial charge is 0.306 e. The van der Waals surface area contributed by atoms with E-state index >= 15 is 0 Å². The van der Waals surface area contributed by atoms with E-state index in [-0.39, 0.29) is 0 Å². The zero-order valence-electron chi connectivity index (χ0n) is 8.09. The molecular weight excluding hydrogens is 160 g/mol. The lowest BCUT2D eigenvalue weighted by atomic mass is 9.74. The SMILES string of the molecule is C=C(C)CN/N=C1/CC2C=CCC12. The van der Waals surface area contributed by atoms with Crippen molar-refractivity contribution < 1.29 is 0 Å². The van der Waals surface area contributed by atoms with Crippen LogP contribution >= 0.6 is 0 Å². The summed E-state index contributed by atoms with van der Waals surface area (Å²) in [5, 5.41) is 4.38. The summed E-state index contributed by atoms with van der Waals surface area (Å²) in [6.07, 6.45) is 6.95. The van der Waals surface area contributed by atoms with Crippen LogP contribution in [0.15, 0.2) is 29.4 Å². The van der Waals surface area contributed by atoms with Gasteiger partial charge < -0.3 is 5.43 Å². The summed E-state index contributed by atoms with van der Waals surface area (Å²) in [5.41, 5.74) is 5.53. The van der Waals surface area contributed by atoms with Gasteiger partial charge in [0.15, 0.2) is 0 Å². The first-order valence-electron chi connectivity index (χ1n) is 4.87. The van der Waals surface area contributed by atoms with Gasteiger partial charge in [0.1, 0.15) is 0 Å².